The van der Waals surface area contributed by atoms with Crippen LogP contribution in [0.4, 0.5) is 13.2 Å². The maximum absolute atomic E-state index is 13.6. The molecule has 0 bridgehead atoms. The first-order chi connectivity index (χ1) is 16.7. The van der Waals surface area contributed by atoms with E-state index in [2.05, 4.69) is 15.4 Å². The highest BCUT2D eigenvalue weighted by Crippen LogP contribution is 2.35. The van der Waals surface area contributed by atoms with Crippen molar-refractivity contribution in [2.75, 3.05) is 20.3 Å². The standard InChI is InChI=1S/C23H21F3N4O4S/c1-34-17-4-3-14(18(8-17)23(24,25)26)11-30-19-5-2-13(6-15(19)9-28-30)7-20-21(33)29-22(35-20)27-10-16(32)12-31/h2-9,16,31-32H,10-12H2,1H3,(H,27,29,33)/b20-7-. The van der Waals surface area contributed by atoms with Gasteiger partial charge < -0.3 is 20.3 Å². The third-order valence-electron chi connectivity index (χ3n) is 5.21. The van der Waals surface area contributed by atoms with Crippen LogP contribution in [0.1, 0.15) is 16.7 Å². The second-order valence-corrected chi connectivity index (χ2v) is 8.72. The third-order valence-corrected chi connectivity index (χ3v) is 6.16. The van der Waals surface area contributed by atoms with Crippen molar-refractivity contribution >= 4 is 39.8 Å². The molecule has 1 amide bonds. The molecule has 2 heterocycles. The Labute approximate surface area is 202 Å². The van der Waals surface area contributed by atoms with E-state index < -0.39 is 24.5 Å². The number of amidine groups is 1. The Morgan fingerprint density at radius 2 is 2.09 bits per heavy atom. The van der Waals surface area contributed by atoms with Crippen molar-refractivity contribution < 1.29 is 32.9 Å². The largest absolute Gasteiger partial charge is 0.497 e. The van der Waals surface area contributed by atoms with Crippen molar-refractivity contribution in [1.29, 1.82) is 0 Å². The number of fused-ring (bicyclic) bond motifs is 1. The van der Waals surface area contributed by atoms with Gasteiger partial charge in [0, 0.05) is 5.39 Å². The lowest BCUT2D eigenvalue weighted by atomic mass is 10.1. The van der Waals surface area contributed by atoms with E-state index in [0.29, 0.717) is 26.5 Å². The fourth-order valence-corrected chi connectivity index (χ4v) is 4.30. The number of nitrogens with one attached hydrogen (secondary N) is 1. The smallest absolute Gasteiger partial charge is 0.416 e. The number of aliphatic hydroxyl groups is 2. The first-order valence-corrected chi connectivity index (χ1v) is 11.2. The minimum absolute atomic E-state index is 0.0399. The summed E-state index contributed by atoms with van der Waals surface area (Å²) in [6.07, 6.45) is -2.33. The van der Waals surface area contributed by atoms with E-state index in [4.69, 9.17) is 9.84 Å². The number of hydrogen-bond acceptors (Lipinski definition) is 7. The van der Waals surface area contributed by atoms with Gasteiger partial charge >= 0.3 is 6.18 Å². The van der Waals surface area contributed by atoms with Crippen molar-refractivity contribution in [2.24, 2.45) is 4.99 Å². The summed E-state index contributed by atoms with van der Waals surface area (Å²) in [5, 5.41) is 26.1. The zero-order chi connectivity index (χ0) is 25.2. The molecule has 35 heavy (non-hydrogen) atoms. The summed E-state index contributed by atoms with van der Waals surface area (Å²) in [4.78, 5) is 16.7. The molecule has 1 aliphatic rings. The van der Waals surface area contributed by atoms with Gasteiger partial charge in [-0.3, -0.25) is 14.5 Å². The summed E-state index contributed by atoms with van der Waals surface area (Å²) < 4.78 is 47.1. The molecule has 1 aromatic heterocycles. The summed E-state index contributed by atoms with van der Waals surface area (Å²) in [6, 6.07) is 9.08. The SMILES string of the molecule is COc1ccc(Cn2ncc3cc(/C=C4\SC(=NCC(O)CO)NC4=O)ccc32)c(C(F)(F)F)c1. The van der Waals surface area contributed by atoms with Gasteiger partial charge in [-0.25, -0.2) is 0 Å². The molecule has 184 valence electrons. The Hall–Kier alpha value is -3.35. The molecule has 1 aliphatic heterocycles. The van der Waals surface area contributed by atoms with Crippen LogP contribution in [0, 0.1) is 0 Å². The fraction of sp³-hybridized carbons (Fsp3) is 0.261. The number of carbonyl (C=O) groups is 1. The minimum atomic E-state index is -4.54. The van der Waals surface area contributed by atoms with Crippen molar-refractivity contribution in [1.82, 2.24) is 15.1 Å². The highest BCUT2D eigenvalue weighted by atomic mass is 32.2. The van der Waals surface area contributed by atoms with E-state index in [-0.39, 0.29) is 30.3 Å². The average molecular weight is 507 g/mol. The number of benzene rings is 2. The normalized spacial score (nSPS) is 17.4. The Morgan fingerprint density at radius 1 is 1.29 bits per heavy atom. The van der Waals surface area contributed by atoms with Gasteiger partial charge in [-0.05, 0) is 53.2 Å². The van der Waals surface area contributed by atoms with Crippen LogP contribution >= 0.6 is 11.8 Å². The van der Waals surface area contributed by atoms with Crippen LogP contribution in [-0.2, 0) is 17.5 Å². The molecule has 1 saturated heterocycles. The summed E-state index contributed by atoms with van der Waals surface area (Å²) in [7, 11) is 1.31. The molecule has 2 aromatic carbocycles. The van der Waals surface area contributed by atoms with E-state index in [0.717, 1.165) is 17.8 Å². The number of halogens is 3. The lowest BCUT2D eigenvalue weighted by Gasteiger charge is -2.14. The number of aromatic nitrogens is 2. The van der Waals surface area contributed by atoms with Gasteiger partial charge in [-0.15, -0.1) is 0 Å². The van der Waals surface area contributed by atoms with E-state index in [1.807, 2.05) is 0 Å². The molecule has 0 spiro atoms. The Balaban J connectivity index is 1.57. The molecule has 8 nitrogen and oxygen atoms in total. The molecule has 1 unspecified atom stereocenters. The molecule has 12 heteroatoms. The summed E-state index contributed by atoms with van der Waals surface area (Å²) in [6.45, 7) is -0.551. The predicted molar refractivity (Wildman–Crippen MR) is 126 cm³/mol. The molecular weight excluding hydrogens is 485 g/mol. The van der Waals surface area contributed by atoms with Crippen molar-refractivity contribution in [2.45, 2.75) is 18.8 Å². The minimum Gasteiger partial charge on any atom is -0.497 e. The monoisotopic (exact) mass is 506 g/mol. The van der Waals surface area contributed by atoms with Crippen LogP contribution in [0.3, 0.4) is 0 Å². The van der Waals surface area contributed by atoms with Crippen molar-refractivity contribution in [3.8, 4) is 5.75 Å². The van der Waals surface area contributed by atoms with Crippen LogP contribution in [0.25, 0.3) is 17.0 Å². The molecule has 1 fully saturated rings. The number of amides is 1. The Morgan fingerprint density at radius 3 is 2.80 bits per heavy atom. The van der Waals surface area contributed by atoms with Gasteiger partial charge in [-0.2, -0.15) is 18.3 Å². The summed E-state index contributed by atoms with van der Waals surface area (Å²) in [5.41, 5.74) is 0.619. The number of aliphatic imine (C=N–C) groups is 1. The number of rotatable bonds is 7. The van der Waals surface area contributed by atoms with E-state index in [9.17, 15) is 23.1 Å². The molecule has 3 N–H and O–H groups in total. The molecular formula is C23H21F3N4O4S. The maximum Gasteiger partial charge on any atom is 0.416 e. The molecule has 3 aromatic rings. The van der Waals surface area contributed by atoms with Gasteiger partial charge in [0.2, 0.25) is 0 Å². The van der Waals surface area contributed by atoms with Gasteiger partial charge in [-0.1, -0.05) is 12.1 Å². The number of hydrogen-bond donors (Lipinski definition) is 3. The van der Waals surface area contributed by atoms with Crippen LogP contribution in [-0.4, -0.2) is 57.4 Å². The number of ether oxygens (including phenoxy) is 1. The highest BCUT2D eigenvalue weighted by Gasteiger charge is 2.34. The molecule has 1 atom stereocenters. The van der Waals surface area contributed by atoms with Gasteiger partial charge in [0.1, 0.15) is 5.75 Å². The number of methoxy groups -OCH3 is 1. The number of nitrogens with zero attached hydrogens (tertiary/aromatic N) is 3. The van der Waals surface area contributed by atoms with Crippen LogP contribution < -0.4 is 10.1 Å². The number of aliphatic hydroxyl groups excluding tert-OH is 2. The lowest BCUT2D eigenvalue weighted by molar-refractivity contribution is -0.138. The van der Waals surface area contributed by atoms with E-state index >= 15 is 0 Å². The summed E-state index contributed by atoms with van der Waals surface area (Å²) in [5.74, 6) is -0.224. The number of thioether (sulfide) groups is 1. The number of carbonyl (C=O) groups excluding carboxylic acids is 1. The molecule has 0 aliphatic carbocycles. The zero-order valence-electron chi connectivity index (χ0n) is 18.4. The van der Waals surface area contributed by atoms with Crippen LogP contribution in [0.15, 0.2) is 52.5 Å². The fourth-order valence-electron chi connectivity index (χ4n) is 3.47. The van der Waals surface area contributed by atoms with Gasteiger partial charge in [0.15, 0.2) is 5.17 Å². The lowest BCUT2D eigenvalue weighted by Crippen LogP contribution is -2.22. The van der Waals surface area contributed by atoms with E-state index in [1.165, 1.54) is 23.9 Å². The van der Waals surface area contributed by atoms with Crippen LogP contribution in [0.2, 0.25) is 0 Å². The predicted octanol–water partition coefficient (Wildman–Crippen LogP) is 3.03. The first-order valence-electron chi connectivity index (χ1n) is 10.4. The van der Waals surface area contributed by atoms with E-state index in [1.54, 1.807) is 30.5 Å². The highest BCUT2D eigenvalue weighted by molar-refractivity contribution is 8.18. The molecule has 0 saturated carbocycles. The topological polar surface area (TPSA) is 109 Å². The molecule has 0 radical (unpaired) electrons. The second-order valence-electron chi connectivity index (χ2n) is 7.69. The maximum atomic E-state index is 13.6. The summed E-state index contributed by atoms with van der Waals surface area (Å²) >= 11 is 1.11. The second kappa shape index (κ2) is 10.1. The quantitative estimate of drug-likeness (QED) is 0.425. The first kappa shape index (κ1) is 24.8. The van der Waals surface area contributed by atoms with Crippen molar-refractivity contribution in [3.63, 3.8) is 0 Å². The average Bonchev–Trinajstić information content (AvgIpc) is 3.39. The van der Waals surface area contributed by atoms with Gasteiger partial charge in [0.05, 0.1) is 55.1 Å². The third kappa shape index (κ3) is 5.66. The molecule has 4 rings (SSSR count). The zero-order valence-corrected chi connectivity index (χ0v) is 19.2. The Kier molecular flexibility index (Phi) is 7.15. The van der Waals surface area contributed by atoms with Crippen molar-refractivity contribution in [3.05, 3.63) is 64.2 Å². The number of alkyl halides is 3. The van der Waals surface area contributed by atoms with Gasteiger partial charge in [0.25, 0.3) is 5.91 Å². The van der Waals surface area contributed by atoms with Crippen LogP contribution in [0.5, 0.6) is 5.75 Å². The Bertz CT molecular complexity index is 1320.